The number of allylic oxidation sites excluding steroid dienone is 1. The molecule has 2 unspecified atom stereocenters. The van der Waals surface area contributed by atoms with Gasteiger partial charge in [0.05, 0.1) is 21.0 Å². The number of carbonyl (C=O) groups is 1. The minimum absolute atomic E-state index is 0.00828. The normalized spacial score (nSPS) is 18.8. The summed E-state index contributed by atoms with van der Waals surface area (Å²) < 4.78 is 120. The van der Waals surface area contributed by atoms with Crippen LogP contribution in [0.4, 0.5) is 39.5 Å². The number of ketones is 1. The van der Waals surface area contributed by atoms with E-state index in [1.807, 2.05) is 0 Å². The van der Waals surface area contributed by atoms with E-state index in [0.29, 0.717) is 0 Å². The van der Waals surface area contributed by atoms with Crippen LogP contribution in [0, 0.1) is 11.3 Å². The lowest BCUT2D eigenvalue weighted by Gasteiger charge is -2.24. The molecule has 2 aromatic carbocycles. The van der Waals surface area contributed by atoms with Crippen molar-refractivity contribution >= 4 is 62.6 Å². The molecule has 0 bridgehead atoms. The van der Waals surface area contributed by atoms with Gasteiger partial charge in [-0.3, -0.25) is 4.79 Å². The maximum atomic E-state index is 13.7. The van der Waals surface area contributed by atoms with E-state index in [9.17, 15) is 44.3 Å². The number of Topliss-reactive ketones (excluding diaryl/α,β-unsaturated/α-hetero) is 1. The molecule has 0 saturated heterocycles. The molecule has 1 aliphatic carbocycles. The van der Waals surface area contributed by atoms with Gasteiger partial charge in [0.25, 0.3) is 0 Å². The molecule has 0 spiro atoms. The van der Waals surface area contributed by atoms with Crippen molar-refractivity contribution < 1.29 is 44.3 Å². The summed E-state index contributed by atoms with van der Waals surface area (Å²) in [5, 5.41) is -0.489. The van der Waals surface area contributed by atoms with E-state index >= 15 is 0 Å². The van der Waals surface area contributed by atoms with Crippen molar-refractivity contribution in [2.24, 2.45) is 11.3 Å². The molecule has 1 saturated carbocycles. The predicted octanol–water partition coefficient (Wildman–Crippen LogP) is 10.5. The molecule has 2 atom stereocenters. The van der Waals surface area contributed by atoms with Crippen LogP contribution in [0.3, 0.4) is 0 Å². The van der Waals surface area contributed by atoms with Crippen LogP contribution in [0.15, 0.2) is 40.9 Å². The summed E-state index contributed by atoms with van der Waals surface area (Å²) in [6.45, 7) is 0. The number of halogens is 13. The molecule has 0 N–H and O–H groups in total. The highest BCUT2D eigenvalue weighted by atomic mass is 79.9. The third kappa shape index (κ3) is 6.09. The van der Waals surface area contributed by atoms with E-state index in [1.54, 1.807) is 0 Å². The molecule has 14 heteroatoms. The number of carbonyl (C=O) groups excluding carboxylic acids is 1. The number of hydrogen-bond donors (Lipinski definition) is 0. The SMILES string of the molecule is O=C(CC1CC1(C(F)(F)F)C(F)(F)F)c1ccc(/C=C/C(c2cc(Cl)c(Cl)c(Cl)c2)C(F)(F)F)cc1Br. The minimum atomic E-state index is -5.56. The van der Waals surface area contributed by atoms with Gasteiger partial charge in [-0.1, -0.05) is 69.0 Å². The maximum absolute atomic E-state index is 13.7. The number of hydrogen-bond acceptors (Lipinski definition) is 1. The highest BCUT2D eigenvalue weighted by molar-refractivity contribution is 9.10. The van der Waals surface area contributed by atoms with Crippen LogP contribution >= 0.6 is 50.7 Å². The summed E-state index contributed by atoms with van der Waals surface area (Å²) in [7, 11) is 0. The van der Waals surface area contributed by atoms with Crippen LogP contribution < -0.4 is 0 Å². The van der Waals surface area contributed by atoms with Crippen LogP contribution in [-0.4, -0.2) is 24.3 Å². The zero-order valence-electron chi connectivity index (χ0n) is 17.9. The third-order valence-corrected chi connectivity index (χ3v) is 7.89. The molecule has 0 radical (unpaired) electrons. The first kappa shape index (κ1) is 30.1. The second-order valence-corrected chi connectivity index (χ2v) is 10.5. The molecule has 37 heavy (non-hydrogen) atoms. The van der Waals surface area contributed by atoms with Gasteiger partial charge in [0.1, 0.15) is 0 Å². The Morgan fingerprint density at radius 3 is 1.95 bits per heavy atom. The van der Waals surface area contributed by atoms with Gasteiger partial charge >= 0.3 is 18.5 Å². The molecule has 1 aliphatic rings. The molecule has 0 amide bonds. The zero-order valence-corrected chi connectivity index (χ0v) is 21.8. The molecule has 1 fully saturated rings. The standard InChI is InChI=1S/C23H13BrCl3F9O/c24-15-5-10(2-4-14(21(28,29)30)11-6-16(25)19(27)17(26)7-11)1-3-13(15)18(37)8-12-9-20(12,22(31,32)33)23(34,35)36/h1-7,12,14H,8-9H2/b4-2+. The summed E-state index contributed by atoms with van der Waals surface area (Å²) >= 11 is 20.5. The van der Waals surface area contributed by atoms with Crippen LogP contribution in [0.5, 0.6) is 0 Å². The fraction of sp³-hybridized carbons (Fsp3) is 0.348. The van der Waals surface area contributed by atoms with Gasteiger partial charge in [-0.15, -0.1) is 0 Å². The number of alkyl halides is 9. The van der Waals surface area contributed by atoms with Crippen molar-refractivity contribution in [3.63, 3.8) is 0 Å². The van der Waals surface area contributed by atoms with Crippen molar-refractivity contribution in [1.82, 2.24) is 0 Å². The first-order valence-corrected chi connectivity index (χ1v) is 12.1. The summed E-state index contributed by atoms with van der Waals surface area (Å²) in [6.07, 6.45) is -16.2. The highest BCUT2D eigenvalue weighted by Crippen LogP contribution is 2.71. The quantitative estimate of drug-likeness (QED) is 0.171. The summed E-state index contributed by atoms with van der Waals surface area (Å²) in [5.41, 5.74) is -4.26. The summed E-state index contributed by atoms with van der Waals surface area (Å²) in [5.74, 6) is -5.08. The van der Waals surface area contributed by atoms with Gasteiger partial charge in [-0.25, -0.2) is 0 Å². The smallest absolute Gasteiger partial charge is 0.294 e. The lowest BCUT2D eigenvalue weighted by atomic mass is 9.95. The monoisotopic (exact) mass is 660 g/mol. The van der Waals surface area contributed by atoms with Gasteiger partial charge < -0.3 is 0 Å². The van der Waals surface area contributed by atoms with E-state index in [0.717, 1.165) is 30.4 Å². The number of rotatable bonds is 6. The third-order valence-electron chi connectivity index (χ3n) is 6.04. The van der Waals surface area contributed by atoms with E-state index in [-0.39, 0.29) is 36.2 Å². The minimum Gasteiger partial charge on any atom is -0.294 e. The Hall–Kier alpha value is -1.43. The van der Waals surface area contributed by atoms with Crippen molar-refractivity contribution in [1.29, 1.82) is 0 Å². The van der Waals surface area contributed by atoms with E-state index < -0.39 is 54.4 Å². The summed E-state index contributed by atoms with van der Waals surface area (Å²) in [4.78, 5) is 12.5. The predicted molar refractivity (Wildman–Crippen MR) is 125 cm³/mol. The second kappa shape index (κ2) is 10.3. The van der Waals surface area contributed by atoms with Crippen molar-refractivity contribution in [3.05, 3.63) is 72.6 Å². The lowest BCUT2D eigenvalue weighted by Crippen LogP contribution is -2.40. The molecular weight excluding hydrogens is 649 g/mol. The van der Waals surface area contributed by atoms with E-state index in [2.05, 4.69) is 15.9 Å². The molecule has 1 nitrogen and oxygen atoms in total. The van der Waals surface area contributed by atoms with Crippen LogP contribution in [0.25, 0.3) is 6.08 Å². The first-order valence-electron chi connectivity index (χ1n) is 10.1. The molecular formula is C23H13BrCl3F9O. The summed E-state index contributed by atoms with van der Waals surface area (Å²) in [6, 6.07) is 5.55. The van der Waals surface area contributed by atoms with Crippen LogP contribution in [-0.2, 0) is 0 Å². The Balaban J connectivity index is 1.82. The van der Waals surface area contributed by atoms with Gasteiger partial charge in [-0.05, 0) is 47.7 Å². The van der Waals surface area contributed by atoms with Crippen molar-refractivity contribution in [3.8, 4) is 0 Å². The lowest BCUT2D eigenvalue weighted by molar-refractivity contribution is -0.305. The van der Waals surface area contributed by atoms with Gasteiger partial charge in [-0.2, -0.15) is 39.5 Å². The number of benzene rings is 2. The van der Waals surface area contributed by atoms with E-state index in [4.69, 9.17) is 34.8 Å². The fourth-order valence-electron chi connectivity index (χ4n) is 4.00. The largest absolute Gasteiger partial charge is 0.403 e. The zero-order chi connectivity index (χ0) is 28.1. The fourth-order valence-corrected chi connectivity index (χ4v) is 5.23. The van der Waals surface area contributed by atoms with Gasteiger partial charge in [0.15, 0.2) is 11.2 Å². The van der Waals surface area contributed by atoms with Gasteiger partial charge in [0.2, 0.25) is 0 Å². The van der Waals surface area contributed by atoms with Crippen LogP contribution in [0.1, 0.15) is 40.2 Å². The second-order valence-electron chi connectivity index (χ2n) is 8.41. The van der Waals surface area contributed by atoms with Crippen molar-refractivity contribution in [2.45, 2.75) is 37.3 Å². The highest BCUT2D eigenvalue weighted by Gasteiger charge is 2.83. The Morgan fingerprint density at radius 2 is 1.51 bits per heavy atom. The average Bonchev–Trinajstić information content (AvgIpc) is 3.47. The van der Waals surface area contributed by atoms with E-state index in [1.165, 1.54) is 12.1 Å². The maximum Gasteiger partial charge on any atom is 0.403 e. The Bertz CT molecular complexity index is 1200. The molecule has 202 valence electrons. The molecule has 3 rings (SSSR count). The Labute approximate surface area is 227 Å². The first-order chi connectivity index (χ1) is 16.8. The Kier molecular flexibility index (Phi) is 8.36. The average molecular weight is 663 g/mol. The molecule has 0 heterocycles. The topological polar surface area (TPSA) is 17.1 Å². The molecule has 2 aromatic rings. The molecule has 0 aliphatic heterocycles. The molecule has 0 aromatic heterocycles. The van der Waals surface area contributed by atoms with Crippen molar-refractivity contribution in [2.75, 3.05) is 0 Å². The van der Waals surface area contributed by atoms with Crippen LogP contribution in [0.2, 0.25) is 15.1 Å². The Morgan fingerprint density at radius 1 is 0.973 bits per heavy atom. The van der Waals surface area contributed by atoms with Gasteiger partial charge in [0, 0.05) is 16.5 Å².